The fourth-order valence-corrected chi connectivity index (χ4v) is 2.72. The van der Waals surface area contributed by atoms with E-state index in [4.69, 9.17) is 0 Å². The van der Waals surface area contributed by atoms with Gasteiger partial charge in [-0.2, -0.15) is 0 Å². The van der Waals surface area contributed by atoms with E-state index in [-0.39, 0.29) is 17.9 Å². The number of pyridine rings is 1. The Hall–Kier alpha value is -2.40. The molecule has 0 aliphatic heterocycles. The molecule has 3 rings (SSSR count). The minimum Gasteiger partial charge on any atom is -0.338 e. The summed E-state index contributed by atoms with van der Waals surface area (Å²) < 4.78 is 2.74. The average molecular weight is 371 g/mol. The SMILES string of the molecule is Cc1ccc2c(c1)c(=O)ccn2CC(=O)Nc1ccc(Br)cc1. The first-order valence-electron chi connectivity index (χ1n) is 7.18. The molecule has 0 atom stereocenters. The molecular weight excluding hydrogens is 356 g/mol. The maximum absolute atomic E-state index is 12.2. The maximum atomic E-state index is 12.2. The van der Waals surface area contributed by atoms with E-state index in [1.165, 1.54) is 6.07 Å². The molecule has 0 fully saturated rings. The lowest BCUT2D eigenvalue weighted by Crippen LogP contribution is -2.20. The Morgan fingerprint density at radius 3 is 2.61 bits per heavy atom. The van der Waals surface area contributed by atoms with Gasteiger partial charge >= 0.3 is 0 Å². The second kappa shape index (κ2) is 6.38. The van der Waals surface area contributed by atoms with Gasteiger partial charge in [0.05, 0.1) is 5.52 Å². The molecule has 1 N–H and O–H groups in total. The van der Waals surface area contributed by atoms with Gasteiger partial charge in [0.1, 0.15) is 6.54 Å². The molecule has 0 aliphatic rings. The Bertz CT molecular complexity index is 930. The molecule has 0 aliphatic carbocycles. The van der Waals surface area contributed by atoms with Gasteiger partial charge in [0.2, 0.25) is 5.91 Å². The lowest BCUT2D eigenvalue weighted by Gasteiger charge is -2.11. The lowest BCUT2D eigenvalue weighted by atomic mass is 10.1. The molecule has 0 saturated heterocycles. The van der Waals surface area contributed by atoms with Gasteiger partial charge in [0, 0.05) is 27.8 Å². The molecule has 23 heavy (non-hydrogen) atoms. The van der Waals surface area contributed by atoms with Gasteiger partial charge in [0.15, 0.2) is 5.43 Å². The Morgan fingerprint density at radius 2 is 1.87 bits per heavy atom. The van der Waals surface area contributed by atoms with Gasteiger partial charge in [-0.1, -0.05) is 27.6 Å². The van der Waals surface area contributed by atoms with Crippen molar-refractivity contribution in [3.8, 4) is 0 Å². The van der Waals surface area contributed by atoms with Crippen LogP contribution in [-0.2, 0) is 11.3 Å². The molecule has 0 radical (unpaired) electrons. The van der Waals surface area contributed by atoms with Crippen molar-refractivity contribution in [3.05, 3.63) is 75.0 Å². The van der Waals surface area contributed by atoms with Crippen LogP contribution >= 0.6 is 15.9 Å². The van der Waals surface area contributed by atoms with Crippen LogP contribution in [0.4, 0.5) is 5.69 Å². The number of rotatable bonds is 3. The maximum Gasteiger partial charge on any atom is 0.244 e. The number of nitrogens with zero attached hydrogens (tertiary/aromatic N) is 1. The normalized spacial score (nSPS) is 10.7. The summed E-state index contributed by atoms with van der Waals surface area (Å²) in [6, 6.07) is 14.5. The van der Waals surface area contributed by atoms with Crippen molar-refractivity contribution < 1.29 is 4.79 Å². The van der Waals surface area contributed by atoms with Gasteiger partial charge in [-0.05, 0) is 43.3 Å². The number of hydrogen-bond donors (Lipinski definition) is 1. The second-order valence-electron chi connectivity index (χ2n) is 5.38. The summed E-state index contributed by atoms with van der Waals surface area (Å²) in [5.74, 6) is -0.141. The van der Waals surface area contributed by atoms with E-state index in [9.17, 15) is 9.59 Å². The predicted molar refractivity (Wildman–Crippen MR) is 95.7 cm³/mol. The van der Waals surface area contributed by atoms with Crippen LogP contribution in [0.25, 0.3) is 10.9 Å². The number of halogens is 1. The number of amides is 1. The molecule has 2 aromatic carbocycles. The number of hydrogen-bond acceptors (Lipinski definition) is 2. The summed E-state index contributed by atoms with van der Waals surface area (Å²) in [6.07, 6.45) is 1.65. The Labute approximate surface area is 141 Å². The van der Waals surface area contributed by atoms with Crippen LogP contribution in [0.2, 0.25) is 0 Å². The highest BCUT2D eigenvalue weighted by Crippen LogP contribution is 2.15. The molecule has 1 heterocycles. The smallest absolute Gasteiger partial charge is 0.244 e. The summed E-state index contributed by atoms with van der Waals surface area (Å²) >= 11 is 3.36. The number of aryl methyl sites for hydroxylation is 1. The van der Waals surface area contributed by atoms with Crippen LogP contribution in [0.5, 0.6) is 0 Å². The third kappa shape index (κ3) is 3.51. The lowest BCUT2D eigenvalue weighted by molar-refractivity contribution is -0.116. The van der Waals surface area contributed by atoms with E-state index in [1.807, 2.05) is 49.4 Å². The standard InChI is InChI=1S/C18H15BrN2O2/c1-12-2-7-16-15(10-12)17(22)8-9-21(16)11-18(23)20-14-5-3-13(19)4-6-14/h2-10H,11H2,1H3,(H,20,23). The number of nitrogens with one attached hydrogen (secondary N) is 1. The van der Waals surface area contributed by atoms with Crippen molar-refractivity contribution in [3.63, 3.8) is 0 Å². The minimum atomic E-state index is -0.141. The van der Waals surface area contributed by atoms with Crippen LogP contribution in [0, 0.1) is 6.92 Å². The molecule has 0 unspecified atom stereocenters. The van der Waals surface area contributed by atoms with Crippen molar-refractivity contribution in [2.45, 2.75) is 13.5 Å². The van der Waals surface area contributed by atoms with Gasteiger partial charge in [0.25, 0.3) is 0 Å². The summed E-state index contributed by atoms with van der Waals surface area (Å²) in [6.45, 7) is 2.09. The number of carbonyl (C=O) groups is 1. The third-order valence-electron chi connectivity index (χ3n) is 3.57. The van der Waals surface area contributed by atoms with Crippen LogP contribution in [-0.4, -0.2) is 10.5 Å². The first-order valence-corrected chi connectivity index (χ1v) is 7.97. The molecule has 0 saturated carbocycles. The summed E-state index contributed by atoms with van der Waals surface area (Å²) in [7, 11) is 0. The summed E-state index contributed by atoms with van der Waals surface area (Å²) in [5.41, 5.74) is 2.48. The zero-order valence-electron chi connectivity index (χ0n) is 12.5. The van der Waals surface area contributed by atoms with E-state index in [0.29, 0.717) is 5.39 Å². The summed E-state index contributed by atoms with van der Waals surface area (Å²) in [4.78, 5) is 24.2. The summed E-state index contributed by atoms with van der Waals surface area (Å²) in [5, 5.41) is 3.48. The van der Waals surface area contributed by atoms with E-state index in [2.05, 4.69) is 21.2 Å². The molecule has 116 valence electrons. The van der Waals surface area contributed by atoms with E-state index in [1.54, 1.807) is 10.8 Å². The first kappa shape index (κ1) is 15.5. The number of anilines is 1. The van der Waals surface area contributed by atoms with Crippen molar-refractivity contribution in [2.75, 3.05) is 5.32 Å². The Morgan fingerprint density at radius 1 is 1.13 bits per heavy atom. The number of benzene rings is 2. The molecule has 4 nitrogen and oxygen atoms in total. The second-order valence-corrected chi connectivity index (χ2v) is 6.30. The van der Waals surface area contributed by atoms with Crippen molar-refractivity contribution in [2.24, 2.45) is 0 Å². The highest BCUT2D eigenvalue weighted by atomic mass is 79.9. The van der Waals surface area contributed by atoms with Gasteiger partial charge in [-0.3, -0.25) is 9.59 Å². The average Bonchev–Trinajstić information content (AvgIpc) is 2.52. The zero-order chi connectivity index (χ0) is 16.4. The fourth-order valence-electron chi connectivity index (χ4n) is 2.45. The quantitative estimate of drug-likeness (QED) is 0.763. The molecular formula is C18H15BrN2O2. The van der Waals surface area contributed by atoms with E-state index < -0.39 is 0 Å². The van der Waals surface area contributed by atoms with Crippen LogP contribution in [0.3, 0.4) is 0 Å². The van der Waals surface area contributed by atoms with Gasteiger partial charge in [-0.25, -0.2) is 0 Å². The van der Waals surface area contributed by atoms with E-state index >= 15 is 0 Å². The minimum absolute atomic E-state index is 0.0340. The van der Waals surface area contributed by atoms with Crippen molar-refractivity contribution in [1.82, 2.24) is 4.57 Å². The topological polar surface area (TPSA) is 51.1 Å². The largest absolute Gasteiger partial charge is 0.338 e. The fraction of sp³-hybridized carbons (Fsp3) is 0.111. The molecule has 3 aromatic rings. The van der Waals surface area contributed by atoms with E-state index in [0.717, 1.165) is 21.2 Å². The van der Waals surface area contributed by atoms with Gasteiger partial charge in [-0.15, -0.1) is 0 Å². The number of aromatic nitrogens is 1. The molecule has 0 bridgehead atoms. The van der Waals surface area contributed by atoms with Crippen LogP contribution in [0.1, 0.15) is 5.56 Å². The highest BCUT2D eigenvalue weighted by molar-refractivity contribution is 9.10. The first-order chi connectivity index (χ1) is 11.0. The Kier molecular flexibility index (Phi) is 4.30. The highest BCUT2D eigenvalue weighted by Gasteiger charge is 2.07. The van der Waals surface area contributed by atoms with Crippen molar-refractivity contribution in [1.29, 1.82) is 0 Å². The number of fused-ring (bicyclic) bond motifs is 1. The third-order valence-corrected chi connectivity index (χ3v) is 4.10. The van der Waals surface area contributed by atoms with Crippen LogP contribution < -0.4 is 10.7 Å². The zero-order valence-corrected chi connectivity index (χ0v) is 14.1. The van der Waals surface area contributed by atoms with Crippen molar-refractivity contribution >= 4 is 38.4 Å². The molecule has 1 aromatic heterocycles. The Balaban J connectivity index is 1.86. The monoisotopic (exact) mass is 370 g/mol. The van der Waals surface area contributed by atoms with Gasteiger partial charge < -0.3 is 9.88 Å². The molecule has 5 heteroatoms. The predicted octanol–water partition coefficient (Wildman–Crippen LogP) is 3.71. The molecule has 1 amide bonds. The van der Waals surface area contributed by atoms with Crippen LogP contribution in [0.15, 0.2) is 64.0 Å². The number of carbonyl (C=O) groups excluding carboxylic acids is 1. The molecule has 0 spiro atoms.